The molecule has 118 valence electrons. The van der Waals surface area contributed by atoms with E-state index in [2.05, 4.69) is 9.71 Å². The third-order valence-electron chi connectivity index (χ3n) is 3.46. The molecule has 2 rings (SSSR count). The molecule has 0 saturated carbocycles. The van der Waals surface area contributed by atoms with Gasteiger partial charge < -0.3 is 9.47 Å². The fourth-order valence-electron chi connectivity index (χ4n) is 2.30. The number of rotatable bonds is 4. The summed E-state index contributed by atoms with van der Waals surface area (Å²) in [6, 6.07) is -0.842. The van der Waals surface area contributed by atoms with Crippen molar-refractivity contribution < 1.29 is 13.2 Å². The molecule has 0 radical (unpaired) electrons. The fraction of sp³-hybridized carbons (Fsp3) is 0.667. The number of carbonyl (C=O) groups excluding carboxylic acids is 1. The number of hydrogen-bond donors (Lipinski definition) is 1. The molecule has 7 nitrogen and oxygen atoms in total. The highest BCUT2D eigenvalue weighted by Gasteiger charge is 2.29. The standard InChI is InChI=1S/C12H19ClN4O3S/c1-9(12(18)17-6-4-3-5-7-17)15-21(19,20)11-10(13)16(2)8-14-11/h8-9,15H,3-7H2,1-2H3. The summed E-state index contributed by atoms with van der Waals surface area (Å²) in [7, 11) is -2.32. The Morgan fingerprint density at radius 2 is 2.00 bits per heavy atom. The highest BCUT2D eigenvalue weighted by Crippen LogP contribution is 2.19. The summed E-state index contributed by atoms with van der Waals surface area (Å²) in [6.45, 7) is 2.88. The molecule has 1 N–H and O–H groups in total. The maximum Gasteiger partial charge on any atom is 0.261 e. The zero-order valence-corrected chi connectivity index (χ0v) is 13.6. The lowest BCUT2D eigenvalue weighted by molar-refractivity contribution is -0.133. The predicted molar refractivity (Wildman–Crippen MR) is 78.4 cm³/mol. The number of hydrogen-bond acceptors (Lipinski definition) is 4. The van der Waals surface area contributed by atoms with Crippen molar-refractivity contribution in [3.63, 3.8) is 0 Å². The van der Waals surface area contributed by atoms with Crippen LogP contribution in [0.15, 0.2) is 11.4 Å². The number of carbonyl (C=O) groups is 1. The molecule has 1 fully saturated rings. The van der Waals surface area contributed by atoms with Crippen LogP contribution in [0.1, 0.15) is 26.2 Å². The first-order valence-electron chi connectivity index (χ1n) is 6.81. The summed E-state index contributed by atoms with van der Waals surface area (Å²) in [5.74, 6) is -0.217. The Morgan fingerprint density at radius 3 is 2.52 bits per heavy atom. The molecule has 1 saturated heterocycles. The Labute approximate surface area is 129 Å². The van der Waals surface area contributed by atoms with Crippen LogP contribution < -0.4 is 4.72 Å². The smallest absolute Gasteiger partial charge is 0.261 e. The minimum Gasteiger partial charge on any atom is -0.341 e. The molecule has 1 unspecified atom stereocenters. The van der Waals surface area contributed by atoms with Gasteiger partial charge in [-0.3, -0.25) is 4.79 Å². The third kappa shape index (κ3) is 3.56. The fourth-order valence-corrected chi connectivity index (χ4v) is 3.93. The largest absolute Gasteiger partial charge is 0.341 e. The van der Waals surface area contributed by atoms with Gasteiger partial charge in [0, 0.05) is 20.1 Å². The number of sulfonamides is 1. The van der Waals surface area contributed by atoms with E-state index in [9.17, 15) is 13.2 Å². The minimum absolute atomic E-state index is 0.0140. The van der Waals surface area contributed by atoms with Crippen molar-refractivity contribution in [1.82, 2.24) is 19.2 Å². The molecule has 2 heterocycles. The van der Waals surface area contributed by atoms with E-state index < -0.39 is 16.1 Å². The van der Waals surface area contributed by atoms with Gasteiger partial charge in [0.25, 0.3) is 10.0 Å². The van der Waals surface area contributed by atoms with E-state index in [0.717, 1.165) is 19.3 Å². The van der Waals surface area contributed by atoms with Crippen molar-refractivity contribution in [2.45, 2.75) is 37.3 Å². The van der Waals surface area contributed by atoms with Gasteiger partial charge in [0.2, 0.25) is 10.9 Å². The van der Waals surface area contributed by atoms with Gasteiger partial charge in [-0.25, -0.2) is 13.4 Å². The normalized spacial score (nSPS) is 17.8. The minimum atomic E-state index is -3.91. The molecule has 1 atom stereocenters. The zero-order valence-electron chi connectivity index (χ0n) is 12.0. The molecular weight excluding hydrogens is 316 g/mol. The lowest BCUT2D eigenvalue weighted by atomic mass is 10.1. The number of piperidine rings is 1. The van der Waals surface area contributed by atoms with E-state index in [-0.39, 0.29) is 16.1 Å². The number of nitrogens with zero attached hydrogens (tertiary/aromatic N) is 3. The van der Waals surface area contributed by atoms with Gasteiger partial charge >= 0.3 is 0 Å². The van der Waals surface area contributed by atoms with Crippen molar-refractivity contribution in [3.05, 3.63) is 11.5 Å². The highest BCUT2D eigenvalue weighted by molar-refractivity contribution is 7.89. The maximum atomic E-state index is 12.2. The van der Waals surface area contributed by atoms with Crippen LogP contribution in [0.25, 0.3) is 0 Å². The van der Waals surface area contributed by atoms with Gasteiger partial charge in [-0.1, -0.05) is 11.6 Å². The molecule has 0 aromatic carbocycles. The van der Waals surface area contributed by atoms with Gasteiger partial charge in [-0.2, -0.15) is 4.72 Å². The molecule has 9 heteroatoms. The molecule has 1 aromatic heterocycles. The molecule has 0 spiro atoms. The van der Waals surface area contributed by atoms with Crippen LogP contribution in [0.4, 0.5) is 0 Å². The van der Waals surface area contributed by atoms with Crippen molar-refractivity contribution in [2.75, 3.05) is 13.1 Å². The number of amides is 1. The van der Waals surface area contributed by atoms with Crippen LogP contribution >= 0.6 is 11.6 Å². The van der Waals surface area contributed by atoms with Crippen molar-refractivity contribution in [2.24, 2.45) is 7.05 Å². The molecule has 0 aliphatic carbocycles. The molecule has 1 aliphatic rings. The van der Waals surface area contributed by atoms with Crippen LogP contribution in [0.3, 0.4) is 0 Å². The van der Waals surface area contributed by atoms with E-state index in [4.69, 9.17) is 11.6 Å². The Hall–Kier alpha value is -1.12. The van der Waals surface area contributed by atoms with Crippen LogP contribution in [-0.4, -0.2) is 47.9 Å². The number of likely N-dealkylation sites (tertiary alicyclic amines) is 1. The average Bonchev–Trinajstić information content (AvgIpc) is 2.79. The second-order valence-electron chi connectivity index (χ2n) is 5.18. The molecule has 1 aliphatic heterocycles. The Bertz CT molecular complexity index is 622. The monoisotopic (exact) mass is 334 g/mol. The van der Waals surface area contributed by atoms with Gasteiger partial charge in [-0.15, -0.1) is 0 Å². The average molecular weight is 335 g/mol. The van der Waals surface area contributed by atoms with Crippen molar-refractivity contribution in [1.29, 1.82) is 0 Å². The van der Waals surface area contributed by atoms with E-state index in [1.165, 1.54) is 17.8 Å². The van der Waals surface area contributed by atoms with Crippen molar-refractivity contribution >= 4 is 27.5 Å². The molecule has 21 heavy (non-hydrogen) atoms. The topological polar surface area (TPSA) is 84.3 Å². The lowest BCUT2D eigenvalue weighted by Gasteiger charge is -2.29. The number of aromatic nitrogens is 2. The summed E-state index contributed by atoms with van der Waals surface area (Å²) >= 11 is 5.89. The Kier molecular flexibility index (Phi) is 4.90. The highest BCUT2D eigenvalue weighted by atomic mass is 35.5. The molecule has 1 aromatic rings. The molecule has 0 bridgehead atoms. The molecular formula is C12H19ClN4O3S. The Balaban J connectivity index is 2.09. The molecule has 1 amide bonds. The summed E-state index contributed by atoms with van der Waals surface area (Å²) < 4.78 is 28.2. The maximum absolute atomic E-state index is 12.2. The second-order valence-corrected chi connectivity index (χ2v) is 7.17. The van der Waals surface area contributed by atoms with Gasteiger partial charge in [0.1, 0.15) is 5.15 Å². The van der Waals surface area contributed by atoms with Gasteiger partial charge in [0.05, 0.1) is 12.4 Å². The summed E-state index contributed by atoms with van der Waals surface area (Å²) in [5, 5.41) is -0.245. The Morgan fingerprint density at radius 1 is 1.38 bits per heavy atom. The third-order valence-corrected chi connectivity index (χ3v) is 5.49. The van der Waals surface area contributed by atoms with Crippen LogP contribution in [0.2, 0.25) is 5.15 Å². The number of nitrogens with one attached hydrogen (secondary N) is 1. The second kappa shape index (κ2) is 6.33. The number of aryl methyl sites for hydroxylation is 1. The van der Waals surface area contributed by atoms with Crippen LogP contribution in [0.5, 0.6) is 0 Å². The van der Waals surface area contributed by atoms with E-state index in [1.807, 2.05) is 0 Å². The lowest BCUT2D eigenvalue weighted by Crippen LogP contribution is -2.48. The van der Waals surface area contributed by atoms with Crippen LogP contribution in [0, 0.1) is 0 Å². The van der Waals surface area contributed by atoms with E-state index in [1.54, 1.807) is 11.9 Å². The first-order chi connectivity index (χ1) is 9.83. The summed E-state index contributed by atoms with van der Waals surface area (Å²) in [6.07, 6.45) is 4.33. The summed E-state index contributed by atoms with van der Waals surface area (Å²) in [4.78, 5) is 17.7. The summed E-state index contributed by atoms with van der Waals surface area (Å²) in [5.41, 5.74) is 0. The van der Waals surface area contributed by atoms with Crippen LogP contribution in [-0.2, 0) is 21.9 Å². The van der Waals surface area contributed by atoms with E-state index >= 15 is 0 Å². The number of imidazole rings is 1. The van der Waals surface area contributed by atoms with Gasteiger partial charge in [0.15, 0.2) is 0 Å². The first-order valence-corrected chi connectivity index (χ1v) is 8.67. The first kappa shape index (κ1) is 16.3. The predicted octanol–water partition coefficient (Wildman–Crippen LogP) is 0.753. The van der Waals surface area contributed by atoms with E-state index in [0.29, 0.717) is 13.1 Å². The van der Waals surface area contributed by atoms with Crippen molar-refractivity contribution in [3.8, 4) is 0 Å². The zero-order chi connectivity index (χ0) is 15.6. The SMILES string of the molecule is CC(NS(=O)(=O)c1ncn(C)c1Cl)C(=O)N1CCCCC1. The van der Waals surface area contributed by atoms with Gasteiger partial charge in [-0.05, 0) is 26.2 Å². The quantitative estimate of drug-likeness (QED) is 0.880. The number of halogens is 1.